The van der Waals surface area contributed by atoms with Crippen LogP contribution in [0.5, 0.6) is 0 Å². The van der Waals surface area contributed by atoms with Crippen molar-refractivity contribution in [2.45, 2.75) is 0 Å². The van der Waals surface area contributed by atoms with E-state index in [4.69, 9.17) is 4.74 Å². The minimum atomic E-state index is 0. The molecule has 0 bridgehead atoms. The van der Waals surface area contributed by atoms with Crippen LogP contribution < -0.4 is 33.2 Å². The van der Waals surface area contributed by atoms with Crippen LogP contribution in [0.15, 0.2) is 72.8 Å². The molecule has 0 radical (unpaired) electrons. The van der Waals surface area contributed by atoms with E-state index >= 15 is 0 Å². The summed E-state index contributed by atoms with van der Waals surface area (Å²) in [6.45, 7) is 3.54. The van der Waals surface area contributed by atoms with Crippen LogP contribution in [-0.2, 0) is 4.74 Å². The predicted molar refractivity (Wildman–Crippen MR) is 101 cm³/mol. The van der Waals surface area contributed by atoms with Crippen molar-refractivity contribution in [1.82, 2.24) is 4.58 Å². The molecule has 1 aliphatic rings. The number of nitrogens with zero attached hydrogens (tertiary/aromatic N) is 1. The molecule has 0 aliphatic carbocycles. The lowest BCUT2D eigenvalue weighted by Crippen LogP contribution is -3.00. The van der Waals surface area contributed by atoms with E-state index in [1.807, 2.05) is 11.3 Å². The van der Waals surface area contributed by atoms with E-state index in [1.165, 1.54) is 26.2 Å². The van der Waals surface area contributed by atoms with Crippen LogP contribution in [0.4, 0.5) is 0 Å². The molecule has 4 heteroatoms. The molecule has 25 heavy (non-hydrogen) atoms. The Hall–Kier alpha value is -1.50. The summed E-state index contributed by atoms with van der Waals surface area (Å²) in [6.07, 6.45) is 0. The summed E-state index contributed by atoms with van der Waals surface area (Å²) in [5, 5.41) is 0. The maximum absolute atomic E-state index is 5.51. The van der Waals surface area contributed by atoms with Gasteiger partial charge in [-0.05, 0) is 22.8 Å². The van der Waals surface area contributed by atoms with E-state index in [2.05, 4.69) is 77.4 Å². The molecule has 0 saturated carbocycles. The van der Waals surface area contributed by atoms with Gasteiger partial charge in [0.15, 0.2) is 13.1 Å². The fraction of sp³-hybridized carbons (Fsp3) is 0.190. The average molecular weight is 461 g/mol. The van der Waals surface area contributed by atoms with Gasteiger partial charge in [-0.15, -0.1) is 0 Å². The molecule has 3 aromatic rings. The quantitative estimate of drug-likeness (QED) is 0.408. The Bertz CT molecular complexity index is 822. The number of morpholine rings is 1. The molecule has 0 N–H and O–H groups in total. The van der Waals surface area contributed by atoms with Crippen LogP contribution in [-0.4, -0.2) is 26.3 Å². The van der Waals surface area contributed by atoms with Crippen LogP contribution in [0, 0.1) is 0 Å². The standard InChI is InChI=1S/C21H20NOS.HI/c1-3-7-17(8-4-1)19-15-20(18-9-5-2-6-10-18)24-21(16-19)22-11-13-23-14-12-22;/h1-10,15-16H,11-14H2;1H/q+1;/p-1. The molecular weight excluding hydrogens is 441 g/mol. The molecule has 2 nitrogen and oxygen atoms in total. The Labute approximate surface area is 169 Å². The molecule has 0 unspecified atom stereocenters. The van der Waals surface area contributed by atoms with Gasteiger partial charge in [0.2, 0.25) is 0 Å². The zero-order valence-electron chi connectivity index (χ0n) is 13.9. The molecular formula is C21H20INOS. The number of hydrogen-bond donors (Lipinski definition) is 0. The number of halogens is 1. The Kier molecular flexibility index (Phi) is 6.39. The first-order chi connectivity index (χ1) is 11.9. The van der Waals surface area contributed by atoms with Gasteiger partial charge in [-0.1, -0.05) is 72.0 Å². The van der Waals surface area contributed by atoms with Crippen LogP contribution in [0.3, 0.4) is 0 Å². The number of ether oxygens (including phenoxy) is 1. The van der Waals surface area contributed by atoms with Gasteiger partial charge in [-0.3, -0.25) is 0 Å². The summed E-state index contributed by atoms with van der Waals surface area (Å²) >= 11 is 1.86. The van der Waals surface area contributed by atoms with Gasteiger partial charge in [0.1, 0.15) is 13.2 Å². The maximum Gasteiger partial charge on any atom is 0.257 e. The van der Waals surface area contributed by atoms with Gasteiger partial charge in [0.25, 0.3) is 4.67 Å². The molecule has 1 fully saturated rings. The lowest BCUT2D eigenvalue weighted by Gasteiger charge is -2.11. The van der Waals surface area contributed by atoms with E-state index in [1.54, 1.807) is 0 Å². The number of hydrogen-bond acceptors (Lipinski definition) is 2. The smallest absolute Gasteiger partial charge is 0.257 e. The zero-order chi connectivity index (χ0) is 16.2. The highest BCUT2D eigenvalue weighted by atomic mass is 127. The first kappa shape index (κ1) is 18.3. The van der Waals surface area contributed by atoms with Gasteiger partial charge < -0.3 is 28.7 Å². The second kappa shape index (κ2) is 8.74. The van der Waals surface area contributed by atoms with Crippen molar-refractivity contribution >= 4 is 11.3 Å². The van der Waals surface area contributed by atoms with E-state index in [9.17, 15) is 0 Å². The first-order valence-corrected chi connectivity index (χ1v) is 9.13. The zero-order valence-corrected chi connectivity index (χ0v) is 16.9. The normalized spacial score (nSPS) is 14.0. The fourth-order valence-corrected chi connectivity index (χ4v) is 4.13. The molecule has 1 saturated heterocycles. The largest absolute Gasteiger partial charge is 1.00 e. The molecule has 128 valence electrons. The van der Waals surface area contributed by atoms with Crippen molar-refractivity contribution in [1.29, 1.82) is 0 Å². The van der Waals surface area contributed by atoms with E-state index in [-0.39, 0.29) is 24.0 Å². The predicted octanol–water partition coefficient (Wildman–Crippen LogP) is 0.889. The Morgan fingerprint density at radius 3 is 1.96 bits per heavy atom. The monoisotopic (exact) mass is 461 g/mol. The van der Waals surface area contributed by atoms with Crippen molar-refractivity contribution in [3.63, 3.8) is 0 Å². The Morgan fingerprint density at radius 2 is 1.32 bits per heavy atom. The number of rotatable bonds is 2. The van der Waals surface area contributed by atoms with Crippen LogP contribution in [0.25, 0.3) is 21.6 Å². The minimum absolute atomic E-state index is 0. The molecule has 2 aromatic carbocycles. The summed E-state index contributed by atoms with van der Waals surface area (Å²) in [7, 11) is 0. The van der Waals surface area contributed by atoms with Crippen LogP contribution >= 0.6 is 11.3 Å². The lowest BCUT2D eigenvalue weighted by molar-refractivity contribution is -0.00000540. The third kappa shape index (κ3) is 4.37. The highest BCUT2D eigenvalue weighted by molar-refractivity contribution is 7.12. The minimum Gasteiger partial charge on any atom is -1.00 e. The third-order valence-electron chi connectivity index (χ3n) is 4.27. The van der Waals surface area contributed by atoms with Crippen molar-refractivity contribution in [3.8, 4) is 21.6 Å². The Morgan fingerprint density at radius 1 is 0.720 bits per heavy atom. The summed E-state index contributed by atoms with van der Waals surface area (Å²) in [4.78, 5) is 1.30. The van der Waals surface area contributed by atoms with Crippen molar-refractivity contribution in [2.75, 3.05) is 26.3 Å². The van der Waals surface area contributed by atoms with Crippen LogP contribution in [0.2, 0.25) is 0 Å². The van der Waals surface area contributed by atoms with Crippen molar-refractivity contribution < 1.29 is 28.7 Å². The maximum atomic E-state index is 5.51. The SMILES string of the molecule is [I-].c1ccc(-c2cc(-c3ccccc3)sc(=[N+]3CCOCC3)c2)cc1. The van der Waals surface area contributed by atoms with Gasteiger partial charge in [0, 0.05) is 10.9 Å². The van der Waals surface area contributed by atoms with E-state index in [0.717, 1.165) is 26.3 Å². The highest BCUT2D eigenvalue weighted by Gasteiger charge is 2.14. The molecule has 2 heterocycles. The molecule has 0 spiro atoms. The van der Waals surface area contributed by atoms with Gasteiger partial charge in [-0.25, -0.2) is 4.58 Å². The molecule has 0 amide bonds. The molecule has 1 aliphatic heterocycles. The molecule has 4 rings (SSSR count). The van der Waals surface area contributed by atoms with Gasteiger partial charge >= 0.3 is 0 Å². The van der Waals surface area contributed by atoms with Crippen molar-refractivity contribution in [2.24, 2.45) is 0 Å². The van der Waals surface area contributed by atoms with Crippen molar-refractivity contribution in [3.05, 3.63) is 77.5 Å². The third-order valence-corrected chi connectivity index (χ3v) is 5.43. The summed E-state index contributed by atoms with van der Waals surface area (Å²) in [6, 6.07) is 25.9. The van der Waals surface area contributed by atoms with Gasteiger partial charge in [-0.2, -0.15) is 0 Å². The van der Waals surface area contributed by atoms with Gasteiger partial charge in [0.05, 0.1) is 0 Å². The van der Waals surface area contributed by atoms with Crippen LogP contribution in [0.1, 0.15) is 0 Å². The highest BCUT2D eigenvalue weighted by Crippen LogP contribution is 2.27. The fourth-order valence-electron chi connectivity index (χ4n) is 2.97. The van der Waals surface area contributed by atoms with E-state index in [0.29, 0.717) is 0 Å². The molecule has 1 aromatic heterocycles. The summed E-state index contributed by atoms with van der Waals surface area (Å²) in [5.41, 5.74) is 3.81. The second-order valence-electron chi connectivity index (χ2n) is 5.88. The summed E-state index contributed by atoms with van der Waals surface area (Å²) in [5.74, 6) is 0. The average Bonchev–Trinajstić information content (AvgIpc) is 2.70. The topological polar surface area (TPSA) is 12.2 Å². The summed E-state index contributed by atoms with van der Waals surface area (Å²) < 4.78 is 9.27. The van der Waals surface area contributed by atoms with E-state index < -0.39 is 0 Å². The lowest BCUT2D eigenvalue weighted by atomic mass is 10.1. The first-order valence-electron chi connectivity index (χ1n) is 8.32. The second-order valence-corrected chi connectivity index (χ2v) is 6.94. The Balaban J connectivity index is 0.00000182. The molecule has 0 atom stereocenters. The number of benzene rings is 2.